The van der Waals surface area contributed by atoms with E-state index in [1.165, 1.54) is 21.8 Å². The highest BCUT2D eigenvalue weighted by Crippen LogP contribution is 2.39. The van der Waals surface area contributed by atoms with Crippen molar-refractivity contribution in [1.29, 1.82) is 0 Å². The highest BCUT2D eigenvalue weighted by Gasteiger charge is 2.18. The summed E-state index contributed by atoms with van der Waals surface area (Å²) in [5.41, 5.74) is 9.31. The van der Waals surface area contributed by atoms with Gasteiger partial charge in [0.2, 0.25) is 0 Å². The van der Waals surface area contributed by atoms with Gasteiger partial charge < -0.3 is 13.4 Å². The van der Waals surface area contributed by atoms with E-state index in [4.69, 9.17) is 8.83 Å². The van der Waals surface area contributed by atoms with Crippen LogP contribution in [0.1, 0.15) is 0 Å². The summed E-state index contributed by atoms with van der Waals surface area (Å²) in [5, 5.41) is 6.98. The SMILES string of the molecule is c1ccc2c(c1)oc1ccc(-c3ccc4oc5c(-n6c7ccccc7c7ccccc76)cccc5c4c3)cc12. The molecular formula is C36H21NO2. The minimum Gasteiger partial charge on any atom is -0.456 e. The van der Waals surface area contributed by atoms with Gasteiger partial charge in [0.1, 0.15) is 16.7 Å². The Morgan fingerprint density at radius 2 is 0.923 bits per heavy atom. The highest BCUT2D eigenvalue weighted by molar-refractivity contribution is 6.13. The standard InChI is InChI=1S/C36H21NO2/c1-4-12-30-24(8-1)25-9-2-5-13-31(25)37(30)32-14-7-11-27-29-21-23(17-19-35(29)39-36(27)32)22-16-18-34-28(20-22)26-10-3-6-15-33(26)38-34/h1-21H. The lowest BCUT2D eigenvalue weighted by Crippen LogP contribution is -1.93. The maximum Gasteiger partial charge on any atom is 0.159 e. The largest absolute Gasteiger partial charge is 0.456 e. The zero-order valence-electron chi connectivity index (χ0n) is 20.9. The van der Waals surface area contributed by atoms with Gasteiger partial charge in [0.25, 0.3) is 0 Å². The van der Waals surface area contributed by atoms with Crippen molar-refractivity contribution in [3.63, 3.8) is 0 Å². The van der Waals surface area contributed by atoms with Crippen LogP contribution in [0.3, 0.4) is 0 Å². The third-order valence-corrected chi connectivity index (χ3v) is 8.01. The van der Waals surface area contributed by atoms with Crippen LogP contribution in [0.15, 0.2) is 136 Å². The summed E-state index contributed by atoms with van der Waals surface area (Å²) in [5.74, 6) is 0. The average Bonchev–Trinajstić information content (AvgIpc) is 3.66. The molecule has 3 heteroatoms. The van der Waals surface area contributed by atoms with Crippen molar-refractivity contribution < 1.29 is 8.83 Å². The van der Waals surface area contributed by atoms with Crippen molar-refractivity contribution in [2.75, 3.05) is 0 Å². The third-order valence-electron chi connectivity index (χ3n) is 8.01. The number of hydrogen-bond donors (Lipinski definition) is 0. The molecule has 182 valence electrons. The first kappa shape index (κ1) is 20.7. The number of benzene rings is 6. The topological polar surface area (TPSA) is 31.2 Å². The molecule has 3 nitrogen and oxygen atoms in total. The number of furan rings is 2. The first-order chi connectivity index (χ1) is 19.3. The fourth-order valence-corrected chi connectivity index (χ4v) is 6.23. The number of fused-ring (bicyclic) bond motifs is 9. The van der Waals surface area contributed by atoms with Crippen LogP contribution in [0.25, 0.3) is 82.5 Å². The van der Waals surface area contributed by atoms with E-state index < -0.39 is 0 Å². The highest BCUT2D eigenvalue weighted by atomic mass is 16.3. The molecule has 9 rings (SSSR count). The molecule has 0 spiro atoms. The normalized spacial score (nSPS) is 12.1. The van der Waals surface area contributed by atoms with Crippen molar-refractivity contribution in [2.45, 2.75) is 0 Å². The monoisotopic (exact) mass is 499 g/mol. The van der Waals surface area contributed by atoms with Crippen molar-refractivity contribution in [2.24, 2.45) is 0 Å². The molecule has 0 radical (unpaired) electrons. The predicted molar refractivity (Wildman–Crippen MR) is 161 cm³/mol. The molecule has 0 aliphatic heterocycles. The van der Waals surface area contributed by atoms with Crippen LogP contribution in [0.4, 0.5) is 0 Å². The second kappa shape index (κ2) is 7.62. The van der Waals surface area contributed by atoms with Crippen LogP contribution in [-0.2, 0) is 0 Å². The fraction of sp³-hybridized carbons (Fsp3) is 0. The summed E-state index contributed by atoms with van der Waals surface area (Å²) in [6, 6.07) is 44.8. The number of hydrogen-bond acceptors (Lipinski definition) is 2. The number of para-hydroxylation sites is 4. The van der Waals surface area contributed by atoms with Crippen LogP contribution in [0, 0.1) is 0 Å². The van der Waals surface area contributed by atoms with E-state index in [2.05, 4.69) is 120 Å². The quantitative estimate of drug-likeness (QED) is 0.237. The first-order valence-corrected chi connectivity index (χ1v) is 13.2. The van der Waals surface area contributed by atoms with E-state index in [0.717, 1.165) is 60.7 Å². The molecule has 0 atom stereocenters. The maximum atomic E-state index is 6.58. The second-order valence-electron chi connectivity index (χ2n) is 10.1. The van der Waals surface area contributed by atoms with E-state index >= 15 is 0 Å². The average molecular weight is 500 g/mol. The van der Waals surface area contributed by atoms with Crippen LogP contribution < -0.4 is 0 Å². The maximum absolute atomic E-state index is 6.58. The molecule has 3 aromatic heterocycles. The summed E-state index contributed by atoms with van der Waals surface area (Å²) in [7, 11) is 0. The molecule has 0 fully saturated rings. The molecule has 0 N–H and O–H groups in total. The zero-order valence-corrected chi connectivity index (χ0v) is 20.9. The van der Waals surface area contributed by atoms with Gasteiger partial charge in [-0.3, -0.25) is 0 Å². The van der Waals surface area contributed by atoms with Gasteiger partial charge in [-0.05, 0) is 59.7 Å². The molecule has 0 aliphatic rings. The summed E-state index contributed by atoms with van der Waals surface area (Å²) < 4.78 is 15.0. The zero-order chi connectivity index (χ0) is 25.5. The van der Waals surface area contributed by atoms with Gasteiger partial charge in [-0.15, -0.1) is 0 Å². The Balaban J connectivity index is 1.28. The molecule has 0 saturated carbocycles. The first-order valence-electron chi connectivity index (χ1n) is 13.2. The van der Waals surface area contributed by atoms with Crippen LogP contribution in [0.2, 0.25) is 0 Å². The van der Waals surface area contributed by atoms with Crippen LogP contribution in [-0.4, -0.2) is 4.57 Å². The van der Waals surface area contributed by atoms with Gasteiger partial charge in [-0.1, -0.05) is 78.9 Å². The molecule has 0 unspecified atom stereocenters. The van der Waals surface area contributed by atoms with Crippen LogP contribution in [0.5, 0.6) is 0 Å². The molecule has 6 aromatic carbocycles. The Morgan fingerprint density at radius 1 is 0.385 bits per heavy atom. The molecule has 9 aromatic rings. The van der Waals surface area contributed by atoms with Gasteiger partial charge in [0.15, 0.2) is 5.58 Å². The lowest BCUT2D eigenvalue weighted by atomic mass is 10.0. The van der Waals surface area contributed by atoms with Gasteiger partial charge in [0, 0.05) is 32.3 Å². The van der Waals surface area contributed by atoms with Gasteiger partial charge >= 0.3 is 0 Å². The number of aromatic nitrogens is 1. The Morgan fingerprint density at radius 3 is 1.64 bits per heavy atom. The smallest absolute Gasteiger partial charge is 0.159 e. The minimum absolute atomic E-state index is 0.886. The van der Waals surface area contributed by atoms with E-state index in [0.29, 0.717) is 0 Å². The number of nitrogens with zero attached hydrogens (tertiary/aromatic N) is 1. The molecule has 0 bridgehead atoms. The lowest BCUT2D eigenvalue weighted by molar-refractivity contribution is 0.666. The molecule has 0 amide bonds. The Bertz CT molecular complexity index is 2350. The van der Waals surface area contributed by atoms with Crippen LogP contribution >= 0.6 is 0 Å². The molecule has 3 heterocycles. The number of rotatable bonds is 2. The summed E-state index contributed by atoms with van der Waals surface area (Å²) in [6.45, 7) is 0. The summed E-state index contributed by atoms with van der Waals surface area (Å²) in [4.78, 5) is 0. The van der Waals surface area contributed by atoms with Gasteiger partial charge in [-0.25, -0.2) is 0 Å². The van der Waals surface area contributed by atoms with Crippen molar-refractivity contribution in [1.82, 2.24) is 4.57 Å². The molecular weight excluding hydrogens is 478 g/mol. The second-order valence-corrected chi connectivity index (χ2v) is 10.1. The predicted octanol–water partition coefficient (Wildman–Crippen LogP) is 10.2. The summed E-state index contributed by atoms with van der Waals surface area (Å²) in [6.07, 6.45) is 0. The fourth-order valence-electron chi connectivity index (χ4n) is 6.23. The minimum atomic E-state index is 0.886. The third kappa shape index (κ3) is 2.87. The van der Waals surface area contributed by atoms with E-state index in [1.807, 2.05) is 12.1 Å². The van der Waals surface area contributed by atoms with Gasteiger partial charge in [-0.2, -0.15) is 0 Å². The van der Waals surface area contributed by atoms with Gasteiger partial charge in [0.05, 0.1) is 16.7 Å². The van der Waals surface area contributed by atoms with Crippen molar-refractivity contribution >= 4 is 65.7 Å². The Hall–Kier alpha value is -5.28. The Kier molecular flexibility index (Phi) is 4.05. The molecule has 0 saturated heterocycles. The Labute approximate surface area is 223 Å². The molecule has 39 heavy (non-hydrogen) atoms. The lowest BCUT2D eigenvalue weighted by Gasteiger charge is -2.08. The van der Waals surface area contributed by atoms with E-state index in [9.17, 15) is 0 Å². The van der Waals surface area contributed by atoms with E-state index in [-0.39, 0.29) is 0 Å². The molecule has 0 aliphatic carbocycles. The summed E-state index contributed by atoms with van der Waals surface area (Å²) >= 11 is 0. The van der Waals surface area contributed by atoms with Crippen molar-refractivity contribution in [3.8, 4) is 16.8 Å². The van der Waals surface area contributed by atoms with Crippen molar-refractivity contribution in [3.05, 3.63) is 127 Å². The van der Waals surface area contributed by atoms with E-state index in [1.54, 1.807) is 0 Å².